The summed E-state index contributed by atoms with van der Waals surface area (Å²) in [5.74, 6) is 1.32. The van der Waals surface area contributed by atoms with Gasteiger partial charge in [0.15, 0.2) is 5.96 Å². The number of hydrogen-bond acceptors (Lipinski definition) is 4. The Morgan fingerprint density at radius 1 is 1.21 bits per heavy atom. The van der Waals surface area contributed by atoms with Crippen molar-refractivity contribution < 1.29 is 13.2 Å². The SMILES string of the molecule is CCNC(=NCc1nc(C)c(C)o1)N1CCN(c2cc(F)ccc2F)CC1.I. The average molecular weight is 505 g/mol. The molecule has 0 unspecified atom stereocenters. The smallest absolute Gasteiger partial charge is 0.216 e. The van der Waals surface area contributed by atoms with Gasteiger partial charge in [0.25, 0.3) is 0 Å². The number of rotatable bonds is 4. The first kappa shape index (κ1) is 22.4. The molecule has 0 atom stereocenters. The predicted octanol–water partition coefficient (Wildman–Crippen LogP) is 3.48. The lowest BCUT2D eigenvalue weighted by Crippen LogP contribution is -2.52. The van der Waals surface area contributed by atoms with Crippen LogP contribution in [0.25, 0.3) is 0 Å². The summed E-state index contributed by atoms with van der Waals surface area (Å²) in [6.45, 7) is 9.37. The number of piperazine rings is 1. The molecular formula is C19H26F2IN5O. The fourth-order valence-corrected chi connectivity index (χ4v) is 3.06. The van der Waals surface area contributed by atoms with Crippen molar-refractivity contribution in [1.82, 2.24) is 15.2 Å². The van der Waals surface area contributed by atoms with E-state index in [0.29, 0.717) is 44.3 Å². The Morgan fingerprint density at radius 2 is 1.93 bits per heavy atom. The molecule has 0 spiro atoms. The molecule has 1 aromatic heterocycles. The van der Waals surface area contributed by atoms with Crippen molar-refractivity contribution in [3.63, 3.8) is 0 Å². The molecule has 6 nitrogen and oxygen atoms in total. The van der Waals surface area contributed by atoms with Gasteiger partial charge >= 0.3 is 0 Å². The average Bonchev–Trinajstić information content (AvgIpc) is 2.98. The molecule has 1 aliphatic heterocycles. The first-order valence-electron chi connectivity index (χ1n) is 9.14. The fraction of sp³-hybridized carbons (Fsp3) is 0.474. The van der Waals surface area contributed by atoms with Crippen LogP contribution in [0.5, 0.6) is 0 Å². The Balaban J connectivity index is 0.00000280. The molecule has 0 bridgehead atoms. The van der Waals surface area contributed by atoms with Crippen LogP contribution in [0.4, 0.5) is 14.5 Å². The Hall–Kier alpha value is -1.91. The Bertz CT molecular complexity index is 799. The van der Waals surface area contributed by atoms with E-state index in [9.17, 15) is 8.78 Å². The molecule has 0 aliphatic carbocycles. The minimum atomic E-state index is -0.430. The lowest BCUT2D eigenvalue weighted by atomic mass is 10.2. The highest BCUT2D eigenvalue weighted by Gasteiger charge is 2.22. The van der Waals surface area contributed by atoms with E-state index in [2.05, 4.69) is 20.2 Å². The Labute approximate surface area is 181 Å². The summed E-state index contributed by atoms with van der Waals surface area (Å²) in [4.78, 5) is 12.9. The number of anilines is 1. The third-order valence-corrected chi connectivity index (χ3v) is 4.60. The van der Waals surface area contributed by atoms with Gasteiger partial charge in [0.05, 0.1) is 11.4 Å². The second kappa shape index (κ2) is 10.0. The summed E-state index contributed by atoms with van der Waals surface area (Å²) in [6, 6.07) is 3.55. The number of aromatic nitrogens is 1. The molecule has 1 aliphatic rings. The molecule has 1 aromatic carbocycles. The molecule has 1 saturated heterocycles. The van der Waals surface area contributed by atoms with Gasteiger partial charge in [0, 0.05) is 38.8 Å². The van der Waals surface area contributed by atoms with Gasteiger partial charge in [-0.15, -0.1) is 24.0 Å². The third kappa shape index (κ3) is 5.33. The molecule has 0 radical (unpaired) electrons. The van der Waals surface area contributed by atoms with Gasteiger partial charge in [0.2, 0.25) is 5.89 Å². The van der Waals surface area contributed by atoms with Gasteiger partial charge in [-0.05, 0) is 32.9 Å². The minimum absolute atomic E-state index is 0. The van der Waals surface area contributed by atoms with Gasteiger partial charge < -0.3 is 19.5 Å². The lowest BCUT2D eigenvalue weighted by molar-refractivity contribution is 0.369. The van der Waals surface area contributed by atoms with Crippen molar-refractivity contribution in [2.45, 2.75) is 27.3 Å². The maximum Gasteiger partial charge on any atom is 0.216 e. The number of hydrogen-bond donors (Lipinski definition) is 1. The zero-order chi connectivity index (χ0) is 19.4. The van der Waals surface area contributed by atoms with E-state index in [1.165, 1.54) is 12.1 Å². The number of benzene rings is 1. The van der Waals surface area contributed by atoms with E-state index in [-0.39, 0.29) is 24.0 Å². The van der Waals surface area contributed by atoms with E-state index in [0.717, 1.165) is 30.0 Å². The molecule has 9 heteroatoms. The van der Waals surface area contributed by atoms with Crippen LogP contribution in [0.2, 0.25) is 0 Å². The Kier molecular flexibility index (Phi) is 8.02. The van der Waals surface area contributed by atoms with Gasteiger partial charge in [0.1, 0.15) is 23.9 Å². The van der Waals surface area contributed by atoms with Crippen molar-refractivity contribution in [3.05, 3.63) is 47.2 Å². The maximum atomic E-state index is 14.0. The van der Waals surface area contributed by atoms with E-state index < -0.39 is 11.6 Å². The van der Waals surface area contributed by atoms with Crippen molar-refractivity contribution in [3.8, 4) is 0 Å². The number of halogens is 3. The second-order valence-electron chi connectivity index (χ2n) is 6.49. The quantitative estimate of drug-likeness (QED) is 0.392. The highest BCUT2D eigenvalue weighted by molar-refractivity contribution is 14.0. The summed E-state index contributed by atoms with van der Waals surface area (Å²) < 4.78 is 33.0. The molecule has 154 valence electrons. The van der Waals surface area contributed by atoms with Gasteiger partial charge in [-0.3, -0.25) is 0 Å². The normalized spacial score (nSPS) is 14.8. The van der Waals surface area contributed by atoms with E-state index in [4.69, 9.17) is 4.42 Å². The first-order chi connectivity index (χ1) is 13.0. The van der Waals surface area contributed by atoms with Crippen molar-refractivity contribution in [2.24, 2.45) is 4.99 Å². The molecule has 2 heterocycles. The first-order valence-corrected chi connectivity index (χ1v) is 9.14. The van der Waals surface area contributed by atoms with Crippen molar-refractivity contribution >= 4 is 35.6 Å². The molecule has 1 N–H and O–H groups in total. The molecule has 28 heavy (non-hydrogen) atoms. The zero-order valence-electron chi connectivity index (χ0n) is 16.3. The van der Waals surface area contributed by atoms with Crippen LogP contribution in [0.15, 0.2) is 27.6 Å². The number of aryl methyl sites for hydroxylation is 2. The highest BCUT2D eigenvalue weighted by atomic mass is 127. The van der Waals surface area contributed by atoms with E-state index >= 15 is 0 Å². The fourth-order valence-electron chi connectivity index (χ4n) is 3.06. The third-order valence-electron chi connectivity index (χ3n) is 4.60. The largest absolute Gasteiger partial charge is 0.444 e. The van der Waals surface area contributed by atoms with Crippen LogP contribution < -0.4 is 10.2 Å². The van der Waals surface area contributed by atoms with Gasteiger partial charge in [-0.2, -0.15) is 0 Å². The van der Waals surface area contributed by atoms with Crippen LogP contribution in [0.3, 0.4) is 0 Å². The molecule has 1 fully saturated rings. The standard InChI is InChI=1S/C19H25F2N5O.HI/c1-4-22-19(23-12-18-24-13(2)14(3)27-18)26-9-7-25(8-10-26)17-11-15(20)5-6-16(17)21;/h5-6,11H,4,7-10,12H2,1-3H3,(H,22,23);1H. The number of guanidine groups is 1. The molecule has 0 saturated carbocycles. The minimum Gasteiger partial charge on any atom is -0.444 e. The summed E-state index contributed by atoms with van der Waals surface area (Å²) in [7, 11) is 0. The van der Waals surface area contributed by atoms with Crippen LogP contribution in [-0.4, -0.2) is 48.6 Å². The second-order valence-corrected chi connectivity index (χ2v) is 6.49. The number of nitrogens with zero attached hydrogens (tertiary/aromatic N) is 4. The van der Waals surface area contributed by atoms with Gasteiger partial charge in [-0.25, -0.2) is 18.8 Å². The zero-order valence-corrected chi connectivity index (χ0v) is 18.7. The molecular weight excluding hydrogens is 479 g/mol. The molecule has 0 amide bonds. The topological polar surface area (TPSA) is 56.9 Å². The van der Waals surface area contributed by atoms with Crippen molar-refractivity contribution in [1.29, 1.82) is 0 Å². The molecule has 3 rings (SSSR count). The summed E-state index contributed by atoms with van der Waals surface area (Å²) >= 11 is 0. The van der Waals surface area contributed by atoms with Crippen LogP contribution >= 0.6 is 24.0 Å². The van der Waals surface area contributed by atoms with Crippen LogP contribution in [0.1, 0.15) is 24.3 Å². The highest BCUT2D eigenvalue weighted by Crippen LogP contribution is 2.22. The summed E-state index contributed by atoms with van der Waals surface area (Å²) in [6.07, 6.45) is 0. The molecule has 2 aromatic rings. The van der Waals surface area contributed by atoms with Crippen LogP contribution in [0, 0.1) is 25.5 Å². The maximum absolute atomic E-state index is 14.0. The number of oxazole rings is 1. The van der Waals surface area contributed by atoms with Crippen LogP contribution in [-0.2, 0) is 6.54 Å². The van der Waals surface area contributed by atoms with Crippen molar-refractivity contribution in [2.75, 3.05) is 37.6 Å². The predicted molar refractivity (Wildman–Crippen MR) is 116 cm³/mol. The summed E-state index contributed by atoms with van der Waals surface area (Å²) in [5.41, 5.74) is 1.18. The van der Waals surface area contributed by atoms with E-state index in [1.54, 1.807) is 0 Å². The lowest BCUT2D eigenvalue weighted by Gasteiger charge is -2.37. The Morgan fingerprint density at radius 3 is 2.54 bits per heavy atom. The number of aliphatic imine (C=N–C) groups is 1. The number of nitrogens with one attached hydrogen (secondary N) is 1. The van der Waals surface area contributed by atoms with Gasteiger partial charge in [-0.1, -0.05) is 0 Å². The monoisotopic (exact) mass is 505 g/mol. The van der Waals surface area contributed by atoms with E-state index in [1.807, 2.05) is 25.7 Å². The summed E-state index contributed by atoms with van der Waals surface area (Å²) in [5, 5.41) is 3.27.